The lowest BCUT2D eigenvalue weighted by molar-refractivity contribution is 0.596. The third-order valence-corrected chi connectivity index (χ3v) is 3.44. The van der Waals surface area contributed by atoms with Crippen LogP contribution in [0.3, 0.4) is 0 Å². The summed E-state index contributed by atoms with van der Waals surface area (Å²) in [4.78, 5) is 0. The third-order valence-electron chi connectivity index (χ3n) is 2.15. The first-order chi connectivity index (χ1) is 7.92. The monoisotopic (exact) mass is 272 g/mol. The average molecular weight is 273 g/mol. The maximum absolute atomic E-state index is 10.9. The van der Waals surface area contributed by atoms with Crippen LogP contribution in [0.15, 0.2) is 18.2 Å². The molecule has 4 nitrogen and oxygen atoms in total. The van der Waals surface area contributed by atoms with Gasteiger partial charge in [-0.3, -0.25) is 0 Å². The molecule has 0 aromatic heterocycles. The highest BCUT2D eigenvalue weighted by Crippen LogP contribution is 2.17. The lowest BCUT2D eigenvalue weighted by Gasteiger charge is -2.06. The molecule has 0 aliphatic heterocycles. The summed E-state index contributed by atoms with van der Waals surface area (Å²) >= 11 is 5.97. The maximum atomic E-state index is 10.9. The van der Waals surface area contributed by atoms with Crippen molar-refractivity contribution >= 4 is 21.4 Å². The molecule has 0 radical (unpaired) electrons. The van der Waals surface area contributed by atoms with Crippen molar-refractivity contribution in [2.24, 2.45) is 0 Å². The summed E-state index contributed by atoms with van der Waals surface area (Å²) in [5.41, 5.74) is 1.36. The summed E-state index contributed by atoms with van der Waals surface area (Å²) < 4.78 is 21.8. The van der Waals surface area contributed by atoms with Crippen molar-refractivity contribution in [1.29, 1.82) is 5.26 Å². The van der Waals surface area contributed by atoms with Crippen molar-refractivity contribution in [3.05, 3.63) is 34.3 Å². The number of nitriles is 1. The summed E-state index contributed by atoms with van der Waals surface area (Å²) in [5, 5.41) is 12.2. The van der Waals surface area contributed by atoms with E-state index >= 15 is 0 Å². The van der Waals surface area contributed by atoms with E-state index < -0.39 is 9.84 Å². The molecular formula is C11H13ClN2O2S. The van der Waals surface area contributed by atoms with Crippen LogP contribution in [0.1, 0.15) is 11.1 Å². The largest absolute Gasteiger partial charge is 0.312 e. The molecule has 0 saturated carbocycles. The molecule has 17 heavy (non-hydrogen) atoms. The minimum absolute atomic E-state index is 0.0981. The predicted octanol–water partition coefficient (Wildman–Crippen LogP) is 1.35. The van der Waals surface area contributed by atoms with Crippen LogP contribution < -0.4 is 5.32 Å². The van der Waals surface area contributed by atoms with Crippen molar-refractivity contribution in [1.82, 2.24) is 5.32 Å². The van der Waals surface area contributed by atoms with Crippen LogP contribution in [-0.4, -0.2) is 27.0 Å². The third kappa shape index (κ3) is 5.18. The number of nitrogens with zero attached hydrogens (tertiary/aromatic N) is 1. The minimum atomic E-state index is -2.94. The Hall–Kier alpha value is -1.09. The Morgan fingerprint density at radius 2 is 2.18 bits per heavy atom. The lowest BCUT2D eigenvalue weighted by Crippen LogP contribution is -2.22. The van der Waals surface area contributed by atoms with Crippen LogP contribution in [-0.2, 0) is 16.4 Å². The number of hydrogen-bond donors (Lipinski definition) is 1. The Labute approximate surface area is 106 Å². The number of halogens is 1. The van der Waals surface area contributed by atoms with Crippen LogP contribution >= 0.6 is 11.6 Å². The van der Waals surface area contributed by atoms with Gasteiger partial charge in [-0.05, 0) is 17.7 Å². The highest BCUT2D eigenvalue weighted by molar-refractivity contribution is 7.90. The number of benzene rings is 1. The molecule has 0 fully saturated rings. The summed E-state index contributed by atoms with van der Waals surface area (Å²) in [6.45, 7) is 0.870. The zero-order chi connectivity index (χ0) is 12.9. The normalized spacial score (nSPS) is 11.1. The van der Waals surface area contributed by atoms with E-state index in [9.17, 15) is 8.42 Å². The van der Waals surface area contributed by atoms with E-state index in [0.717, 1.165) is 5.56 Å². The molecule has 6 heteroatoms. The van der Waals surface area contributed by atoms with Gasteiger partial charge >= 0.3 is 0 Å². The highest BCUT2D eigenvalue weighted by atomic mass is 35.5. The molecule has 0 spiro atoms. The van der Waals surface area contributed by atoms with Gasteiger partial charge in [0.25, 0.3) is 0 Å². The zero-order valence-corrected chi connectivity index (χ0v) is 11.0. The molecule has 92 valence electrons. The van der Waals surface area contributed by atoms with Crippen molar-refractivity contribution in [2.75, 3.05) is 18.6 Å². The van der Waals surface area contributed by atoms with Gasteiger partial charge in [-0.1, -0.05) is 17.7 Å². The lowest BCUT2D eigenvalue weighted by atomic mass is 10.1. The first kappa shape index (κ1) is 14.0. The van der Waals surface area contributed by atoms with Crippen LogP contribution in [0.2, 0.25) is 5.02 Å². The second kappa shape index (κ2) is 6.01. The Kier molecular flexibility index (Phi) is 4.94. The van der Waals surface area contributed by atoms with Crippen LogP contribution in [0, 0.1) is 11.3 Å². The highest BCUT2D eigenvalue weighted by Gasteiger charge is 2.03. The van der Waals surface area contributed by atoms with Gasteiger partial charge < -0.3 is 5.32 Å². The van der Waals surface area contributed by atoms with E-state index in [1.54, 1.807) is 18.2 Å². The van der Waals surface area contributed by atoms with Gasteiger partial charge in [-0.15, -0.1) is 0 Å². The number of rotatable bonds is 5. The molecule has 1 aromatic rings. The standard InChI is InChI=1S/C11H13ClN2O2S/c1-17(15,16)5-4-14-8-10-3-2-9(7-13)6-11(10)12/h2-3,6,14H,4-5,8H2,1H3. The molecule has 0 saturated heterocycles. The fourth-order valence-electron chi connectivity index (χ4n) is 1.24. The van der Waals surface area contributed by atoms with E-state index in [4.69, 9.17) is 16.9 Å². The van der Waals surface area contributed by atoms with Gasteiger partial charge in [0.05, 0.1) is 17.4 Å². The van der Waals surface area contributed by atoms with E-state index in [1.165, 1.54) is 6.26 Å². The second-order valence-electron chi connectivity index (χ2n) is 3.72. The van der Waals surface area contributed by atoms with Gasteiger partial charge in [-0.2, -0.15) is 5.26 Å². The van der Waals surface area contributed by atoms with Crippen molar-refractivity contribution in [3.8, 4) is 6.07 Å². The van der Waals surface area contributed by atoms with Gasteiger partial charge in [0.15, 0.2) is 0 Å². The minimum Gasteiger partial charge on any atom is -0.312 e. The Morgan fingerprint density at radius 3 is 2.71 bits per heavy atom. The number of hydrogen-bond acceptors (Lipinski definition) is 4. The molecule has 1 N–H and O–H groups in total. The fraction of sp³-hybridized carbons (Fsp3) is 0.364. The van der Waals surface area contributed by atoms with Gasteiger partial charge in [-0.25, -0.2) is 8.42 Å². The van der Waals surface area contributed by atoms with E-state index in [1.807, 2.05) is 6.07 Å². The van der Waals surface area contributed by atoms with Crippen molar-refractivity contribution in [2.45, 2.75) is 6.54 Å². The number of nitrogens with one attached hydrogen (secondary N) is 1. The molecule has 0 aliphatic rings. The smallest absolute Gasteiger partial charge is 0.148 e. The summed E-state index contributed by atoms with van der Waals surface area (Å²) in [7, 11) is -2.94. The van der Waals surface area contributed by atoms with E-state index in [-0.39, 0.29) is 5.75 Å². The van der Waals surface area contributed by atoms with Crippen LogP contribution in [0.5, 0.6) is 0 Å². The van der Waals surface area contributed by atoms with Gasteiger partial charge in [0.1, 0.15) is 9.84 Å². The second-order valence-corrected chi connectivity index (χ2v) is 6.39. The molecule has 1 rings (SSSR count). The molecule has 0 heterocycles. The first-order valence-electron chi connectivity index (χ1n) is 4.99. The van der Waals surface area contributed by atoms with Crippen molar-refractivity contribution in [3.63, 3.8) is 0 Å². The van der Waals surface area contributed by atoms with Crippen LogP contribution in [0.25, 0.3) is 0 Å². The Morgan fingerprint density at radius 1 is 1.47 bits per heavy atom. The summed E-state index contributed by atoms with van der Waals surface area (Å²) in [5.74, 6) is 0.0981. The molecule has 1 aromatic carbocycles. The molecule has 0 bridgehead atoms. The van der Waals surface area contributed by atoms with E-state index in [2.05, 4.69) is 5.32 Å². The molecule has 0 atom stereocenters. The Bertz CT molecular complexity index is 535. The van der Waals surface area contributed by atoms with Gasteiger partial charge in [0.2, 0.25) is 0 Å². The van der Waals surface area contributed by atoms with E-state index in [0.29, 0.717) is 23.7 Å². The Balaban J connectivity index is 2.51. The van der Waals surface area contributed by atoms with Crippen LogP contribution in [0.4, 0.5) is 0 Å². The first-order valence-corrected chi connectivity index (χ1v) is 7.43. The van der Waals surface area contributed by atoms with Gasteiger partial charge in [0, 0.05) is 24.4 Å². The zero-order valence-electron chi connectivity index (χ0n) is 9.40. The predicted molar refractivity (Wildman–Crippen MR) is 67.6 cm³/mol. The van der Waals surface area contributed by atoms with Crippen molar-refractivity contribution < 1.29 is 8.42 Å². The fourth-order valence-corrected chi connectivity index (χ4v) is 2.00. The summed E-state index contributed by atoms with van der Waals surface area (Å²) in [6.07, 6.45) is 1.20. The molecule has 0 aliphatic carbocycles. The quantitative estimate of drug-likeness (QED) is 0.822. The average Bonchev–Trinajstić information content (AvgIpc) is 2.24. The SMILES string of the molecule is CS(=O)(=O)CCNCc1ccc(C#N)cc1Cl. The summed E-state index contributed by atoms with van der Waals surface area (Å²) in [6, 6.07) is 7.03. The topological polar surface area (TPSA) is 70.0 Å². The maximum Gasteiger partial charge on any atom is 0.148 e. The molecule has 0 amide bonds. The number of sulfone groups is 1. The molecular weight excluding hydrogens is 260 g/mol. The molecule has 0 unspecified atom stereocenters.